The molecule has 5 nitrogen and oxygen atoms in total. The molecular weight excluding hydrogens is 871 g/mol. The molecule has 3 saturated heterocycles. The molecule has 0 saturated carbocycles. The normalized spacial score (nSPS) is 20.6. The Morgan fingerprint density at radius 2 is 1.22 bits per heavy atom. The smallest absolute Gasteiger partial charge is 0.192 e. The van der Waals surface area contributed by atoms with Crippen molar-refractivity contribution in [3.63, 3.8) is 0 Å². The third kappa shape index (κ3) is 11.9. The highest BCUT2D eigenvalue weighted by Crippen LogP contribution is 2.57. The van der Waals surface area contributed by atoms with Gasteiger partial charge in [0.1, 0.15) is 6.79 Å². The van der Waals surface area contributed by atoms with Crippen LogP contribution in [0.15, 0.2) is 121 Å². The van der Waals surface area contributed by atoms with Gasteiger partial charge in [-0.1, -0.05) is 142 Å². The first kappa shape index (κ1) is 49.2. The maximum absolute atomic E-state index is 7.82. The molecule has 0 bridgehead atoms. The van der Waals surface area contributed by atoms with Crippen molar-refractivity contribution in [1.29, 1.82) is 0 Å². The van der Waals surface area contributed by atoms with Gasteiger partial charge in [0, 0.05) is 32.4 Å². The lowest BCUT2D eigenvalue weighted by Crippen LogP contribution is -2.60. The molecule has 4 aromatic rings. The Balaban J connectivity index is 1.28. The first-order chi connectivity index (χ1) is 30.5. The molecule has 4 aromatic carbocycles. The molecule has 63 heavy (non-hydrogen) atoms. The van der Waals surface area contributed by atoms with Gasteiger partial charge in [-0.25, -0.2) is 0 Å². The fraction of sp³-hybridized carbons (Fsp3) is 0.547. The van der Waals surface area contributed by atoms with E-state index in [0.29, 0.717) is 6.61 Å². The van der Waals surface area contributed by atoms with Crippen molar-refractivity contribution in [2.24, 2.45) is 0 Å². The summed E-state index contributed by atoms with van der Waals surface area (Å²) in [4.78, 5) is 2.85. The zero-order chi connectivity index (χ0) is 44.2. The summed E-state index contributed by atoms with van der Waals surface area (Å²) >= 11 is 8.72. The van der Waals surface area contributed by atoms with Crippen LogP contribution in [-0.2, 0) is 30.8 Å². The van der Waals surface area contributed by atoms with E-state index in [4.69, 9.17) is 18.6 Å². The molecule has 0 aromatic heterocycles. The number of thioether (sulfide) groups is 4. The Kier molecular flexibility index (Phi) is 17.9. The molecule has 0 spiro atoms. The second kappa shape index (κ2) is 22.9. The third-order valence-electron chi connectivity index (χ3n) is 13.7. The van der Waals surface area contributed by atoms with Crippen LogP contribution in [0.4, 0.5) is 0 Å². The second-order valence-corrected chi connectivity index (χ2v) is 30.2. The highest BCUT2D eigenvalue weighted by Gasteiger charge is 2.56. The number of nitrogens with zero attached hydrogens (tertiary/aromatic N) is 1. The number of hydrogen-bond acceptors (Lipinski definition) is 9. The van der Waals surface area contributed by atoms with E-state index in [1.165, 1.54) is 46.6 Å². The zero-order valence-corrected chi connectivity index (χ0v) is 43.1. The third-order valence-corrected chi connectivity index (χ3v) is 25.2. The minimum atomic E-state index is -2.19. The monoisotopic (exact) mass is 943 g/mol. The van der Waals surface area contributed by atoms with E-state index < -0.39 is 13.9 Å². The summed E-state index contributed by atoms with van der Waals surface area (Å²) in [5, 5.41) is 0.0887. The van der Waals surface area contributed by atoms with Gasteiger partial charge in [0.2, 0.25) is 0 Å². The number of benzene rings is 4. The summed E-state index contributed by atoms with van der Waals surface area (Å²) in [5.41, 5.74) is 4.59. The first-order valence-electron chi connectivity index (χ1n) is 23.4. The summed E-state index contributed by atoms with van der Waals surface area (Å²) in [6, 6.07) is 44.5. The molecule has 0 N–H and O–H groups in total. The minimum Gasteiger partial charge on any atom is -0.414 e. The average Bonchev–Trinajstić information content (AvgIpc) is 3.78. The molecule has 3 heterocycles. The predicted octanol–water partition coefficient (Wildman–Crippen LogP) is 13.7. The molecule has 3 aliphatic rings. The van der Waals surface area contributed by atoms with Crippen molar-refractivity contribution in [2.45, 2.75) is 129 Å². The van der Waals surface area contributed by atoms with Gasteiger partial charge in [0.05, 0.1) is 26.4 Å². The van der Waals surface area contributed by atoms with Gasteiger partial charge < -0.3 is 18.6 Å². The fourth-order valence-corrected chi connectivity index (χ4v) is 18.4. The van der Waals surface area contributed by atoms with Gasteiger partial charge in [-0.3, -0.25) is 4.90 Å². The Morgan fingerprint density at radius 1 is 0.698 bits per heavy atom. The van der Waals surface area contributed by atoms with Crippen LogP contribution in [0.3, 0.4) is 0 Å². The van der Waals surface area contributed by atoms with Crippen molar-refractivity contribution in [2.75, 3.05) is 50.1 Å². The summed E-state index contributed by atoms with van der Waals surface area (Å²) in [6.07, 6.45) is 8.74. The molecule has 7 rings (SSSR count). The predicted molar refractivity (Wildman–Crippen MR) is 277 cm³/mol. The van der Waals surface area contributed by atoms with E-state index in [9.17, 15) is 0 Å². The van der Waals surface area contributed by atoms with Gasteiger partial charge in [-0.2, -0.15) is 0 Å². The van der Waals surface area contributed by atoms with Crippen LogP contribution in [0.1, 0.15) is 94.4 Å². The highest BCUT2D eigenvalue weighted by molar-refractivity contribution is 8.19. The standard InChI is InChI=1S/C53H73NO4S4Si/c1-50(2,3)63(5,6)58-47(39-51(59-35-21-36-60-51)32-20-34-56-41-43-23-11-7-12-24-43)40-52(61-37-22-38-62-52)49(57-42-55-4)48-31-19-33-54(48)53(44-25-13-8-14-26-44,45-27-15-9-16-28-45)46-29-17-10-18-30-46/h7-18,23-30,47-49H,19-22,31-42H2,1-6H3/t47-,48+,49+/m0/s1. The largest absolute Gasteiger partial charge is 0.414 e. The maximum Gasteiger partial charge on any atom is 0.192 e. The van der Waals surface area contributed by atoms with E-state index in [0.717, 1.165) is 63.2 Å². The van der Waals surface area contributed by atoms with Gasteiger partial charge in [-0.15, -0.1) is 47.0 Å². The van der Waals surface area contributed by atoms with E-state index in [1.54, 1.807) is 7.11 Å². The van der Waals surface area contributed by atoms with Crippen LogP contribution in [0.2, 0.25) is 18.1 Å². The van der Waals surface area contributed by atoms with Crippen molar-refractivity contribution in [1.82, 2.24) is 4.90 Å². The van der Waals surface area contributed by atoms with Crippen molar-refractivity contribution < 1.29 is 18.6 Å². The molecular formula is C53H73NO4S4Si. The van der Waals surface area contributed by atoms with Crippen molar-refractivity contribution in [3.8, 4) is 0 Å². The molecule has 0 radical (unpaired) electrons. The van der Waals surface area contributed by atoms with Gasteiger partial charge in [0.25, 0.3) is 0 Å². The second-order valence-electron chi connectivity index (χ2n) is 19.1. The van der Waals surface area contributed by atoms with Crippen LogP contribution in [0.5, 0.6) is 0 Å². The number of methoxy groups -OCH3 is 1. The number of rotatable bonds is 21. The highest BCUT2D eigenvalue weighted by atomic mass is 32.2. The van der Waals surface area contributed by atoms with Crippen LogP contribution < -0.4 is 0 Å². The molecule has 3 aliphatic heterocycles. The minimum absolute atomic E-state index is 0.0813. The van der Waals surface area contributed by atoms with E-state index >= 15 is 0 Å². The van der Waals surface area contributed by atoms with Crippen molar-refractivity contribution in [3.05, 3.63) is 144 Å². The fourth-order valence-electron chi connectivity index (χ4n) is 9.82. The number of hydrogen-bond donors (Lipinski definition) is 0. The Hall–Kier alpha value is -1.70. The zero-order valence-electron chi connectivity index (χ0n) is 38.8. The van der Waals surface area contributed by atoms with E-state index in [1.807, 2.05) is 0 Å². The Labute approximate surface area is 398 Å². The molecule has 10 heteroatoms. The van der Waals surface area contributed by atoms with Crippen molar-refractivity contribution >= 4 is 55.4 Å². The quantitative estimate of drug-likeness (QED) is 0.0352. The van der Waals surface area contributed by atoms with E-state index in [-0.39, 0.29) is 38.2 Å². The maximum atomic E-state index is 7.82. The SMILES string of the molecule is COCO[C@H]([C@H]1CCCN1C(c1ccccc1)(c1ccccc1)c1ccccc1)C1(C[C@H](CC2(CCCOCc3ccccc3)SCCCS2)O[Si](C)(C)C(C)(C)C)SCCCS1. The molecule has 0 aliphatic carbocycles. The number of likely N-dealkylation sites (tertiary alicyclic amines) is 1. The lowest BCUT2D eigenvalue weighted by atomic mass is 9.74. The average molecular weight is 945 g/mol. The lowest BCUT2D eigenvalue weighted by Gasteiger charge is -2.53. The lowest BCUT2D eigenvalue weighted by molar-refractivity contribution is -0.108. The van der Waals surface area contributed by atoms with Crippen LogP contribution in [0.25, 0.3) is 0 Å². The summed E-state index contributed by atoms with van der Waals surface area (Å²) in [7, 11) is -0.404. The van der Waals surface area contributed by atoms with Gasteiger partial charge in [0.15, 0.2) is 8.32 Å². The van der Waals surface area contributed by atoms with Crippen LogP contribution in [0, 0.1) is 0 Å². The Morgan fingerprint density at radius 3 is 1.75 bits per heavy atom. The van der Waals surface area contributed by atoms with Crippen LogP contribution >= 0.6 is 47.0 Å². The molecule has 0 unspecified atom stereocenters. The summed E-state index contributed by atoms with van der Waals surface area (Å²) in [5.74, 6) is 4.65. The molecule has 3 fully saturated rings. The Bertz CT molecular complexity index is 1830. The molecule has 3 atom stereocenters. The summed E-state index contributed by atoms with van der Waals surface area (Å²) in [6.45, 7) is 14.8. The topological polar surface area (TPSA) is 40.2 Å². The van der Waals surface area contributed by atoms with Gasteiger partial charge in [-0.05, 0) is 115 Å². The van der Waals surface area contributed by atoms with Gasteiger partial charge >= 0.3 is 0 Å². The first-order valence-corrected chi connectivity index (χ1v) is 30.3. The van der Waals surface area contributed by atoms with E-state index in [2.05, 4.69) is 207 Å². The summed E-state index contributed by atoms with van der Waals surface area (Å²) < 4.78 is 27.2. The molecule has 0 amide bonds. The van der Waals surface area contributed by atoms with Crippen LogP contribution in [-0.4, -0.2) is 89.7 Å². The molecule has 342 valence electrons. The number of ether oxygens (including phenoxy) is 3.